The highest BCUT2D eigenvalue weighted by Crippen LogP contribution is 2.37. The molecule has 2 aliphatic rings. The maximum Gasteiger partial charge on any atom is 0.426 e. The summed E-state index contributed by atoms with van der Waals surface area (Å²) in [5.74, 6) is -2.18. The molecule has 1 aromatic carbocycles. The summed E-state index contributed by atoms with van der Waals surface area (Å²) < 4.78 is 38.6. The van der Waals surface area contributed by atoms with E-state index in [1.807, 2.05) is 0 Å². The Balaban J connectivity index is 1.61. The van der Waals surface area contributed by atoms with E-state index in [0.717, 1.165) is 4.90 Å². The van der Waals surface area contributed by atoms with E-state index < -0.39 is 29.7 Å². The van der Waals surface area contributed by atoms with Crippen molar-refractivity contribution < 1.29 is 33.0 Å². The summed E-state index contributed by atoms with van der Waals surface area (Å²) in [4.78, 5) is 27.1. The zero-order valence-electron chi connectivity index (χ0n) is 14.7. The number of alkyl halides is 3. The monoisotopic (exact) mass is 386 g/mol. The molecule has 0 aliphatic carbocycles. The van der Waals surface area contributed by atoms with Crippen molar-refractivity contribution in [3.63, 3.8) is 0 Å². The molecule has 2 fully saturated rings. The summed E-state index contributed by atoms with van der Waals surface area (Å²) in [7, 11) is 0. The zero-order valence-corrected chi connectivity index (χ0v) is 14.7. The van der Waals surface area contributed by atoms with Gasteiger partial charge in [0.15, 0.2) is 6.10 Å². The topological polar surface area (TPSA) is 81.1 Å². The molecule has 4 atom stereocenters. The Bertz CT molecular complexity index is 709. The van der Waals surface area contributed by atoms with Crippen molar-refractivity contribution in [1.29, 1.82) is 0 Å². The minimum Gasteiger partial charge on any atom is -0.378 e. The van der Waals surface area contributed by atoms with Gasteiger partial charge in [-0.3, -0.25) is 9.59 Å². The van der Waals surface area contributed by atoms with Gasteiger partial charge in [0.1, 0.15) is 0 Å². The van der Waals surface area contributed by atoms with Crippen LogP contribution in [0.3, 0.4) is 0 Å². The number of hydrogen-bond acceptors (Lipinski definition) is 4. The molecule has 0 bridgehead atoms. The number of hydrogen-bond donors (Lipinski definition) is 2. The molecule has 0 radical (unpaired) electrons. The number of nitrogens with zero attached hydrogens (tertiary/aromatic N) is 2. The third kappa shape index (κ3) is 3.53. The van der Waals surface area contributed by atoms with Crippen LogP contribution in [0.1, 0.15) is 18.6 Å². The molecule has 0 saturated carbocycles. The molecule has 3 rings (SSSR count). The van der Waals surface area contributed by atoms with Gasteiger partial charge in [0, 0.05) is 38.0 Å². The molecule has 2 amide bonds. The summed E-state index contributed by atoms with van der Waals surface area (Å²) in [5, 5.41) is 19.8. The lowest BCUT2D eigenvalue weighted by molar-refractivity contribution is -0.249. The Kier molecular flexibility index (Phi) is 4.94. The van der Waals surface area contributed by atoms with Gasteiger partial charge in [-0.25, -0.2) is 0 Å². The van der Waals surface area contributed by atoms with Gasteiger partial charge in [-0.2, -0.15) is 13.2 Å². The highest BCUT2D eigenvalue weighted by Gasteiger charge is 2.58. The van der Waals surface area contributed by atoms with E-state index in [2.05, 4.69) is 0 Å². The van der Waals surface area contributed by atoms with Crippen LogP contribution in [0.2, 0.25) is 0 Å². The third-order valence-electron chi connectivity index (χ3n) is 5.40. The number of amides is 2. The predicted octanol–water partition coefficient (Wildman–Crippen LogP) is 0.950. The highest BCUT2D eigenvalue weighted by molar-refractivity contribution is 5.86. The molecule has 148 valence electrons. The average Bonchev–Trinajstić information content (AvgIpc) is 3.18. The summed E-state index contributed by atoms with van der Waals surface area (Å²) in [5.41, 5.74) is -2.96. The zero-order chi connectivity index (χ0) is 20.0. The number of carbonyl (C=O) groups is 2. The Morgan fingerprint density at radius 1 is 1.04 bits per heavy atom. The number of carbonyl (C=O) groups excluding carboxylic acids is 2. The molecule has 27 heavy (non-hydrogen) atoms. The van der Waals surface area contributed by atoms with Gasteiger partial charge >= 0.3 is 6.18 Å². The molecular weight excluding hydrogens is 365 g/mol. The van der Waals surface area contributed by atoms with Crippen LogP contribution in [0, 0.1) is 11.8 Å². The number of likely N-dealkylation sites (tertiary alicyclic amines) is 2. The van der Waals surface area contributed by atoms with Crippen molar-refractivity contribution in [2.75, 3.05) is 26.2 Å². The first kappa shape index (κ1) is 19.6. The lowest BCUT2D eigenvalue weighted by atomic mass is 10.0. The first-order valence-electron chi connectivity index (χ1n) is 8.62. The van der Waals surface area contributed by atoms with Gasteiger partial charge in [-0.1, -0.05) is 30.3 Å². The van der Waals surface area contributed by atoms with Crippen LogP contribution >= 0.6 is 0 Å². The van der Waals surface area contributed by atoms with Crippen LogP contribution in [0.25, 0.3) is 0 Å². The Labute approximate surface area is 154 Å². The van der Waals surface area contributed by atoms with Gasteiger partial charge in [-0.05, 0) is 12.5 Å². The van der Waals surface area contributed by atoms with Crippen LogP contribution in [0.5, 0.6) is 0 Å². The van der Waals surface area contributed by atoms with E-state index >= 15 is 0 Å². The van der Waals surface area contributed by atoms with Gasteiger partial charge in [0.25, 0.3) is 11.8 Å². The second kappa shape index (κ2) is 6.79. The van der Waals surface area contributed by atoms with Crippen molar-refractivity contribution in [1.82, 2.24) is 9.80 Å². The minimum absolute atomic E-state index is 0.0426. The smallest absolute Gasteiger partial charge is 0.378 e. The van der Waals surface area contributed by atoms with Crippen LogP contribution in [-0.2, 0) is 9.59 Å². The first-order valence-corrected chi connectivity index (χ1v) is 8.62. The Hall–Kier alpha value is -2.13. The van der Waals surface area contributed by atoms with Crippen molar-refractivity contribution in [3.05, 3.63) is 35.9 Å². The molecule has 2 N–H and O–H groups in total. The normalized spacial score (nSPS) is 25.9. The standard InChI is InChI=1S/C18H21F3N2O4/c1-17(27,18(19,20)21)16(26)23-9-12-7-22(8-13(12)10-23)15(25)14(24)11-5-3-2-4-6-11/h2-6,12-14,24,27H,7-10H2,1H3/t12-,13+,14?,17?. The van der Waals surface area contributed by atoms with Crippen LogP contribution in [-0.4, -0.2) is 69.8 Å². The van der Waals surface area contributed by atoms with E-state index in [9.17, 15) is 33.0 Å². The lowest BCUT2D eigenvalue weighted by Gasteiger charge is -2.30. The largest absolute Gasteiger partial charge is 0.426 e. The molecule has 2 heterocycles. The fourth-order valence-electron chi connectivity index (χ4n) is 3.72. The number of halogens is 3. The maximum absolute atomic E-state index is 12.9. The van der Waals surface area contributed by atoms with Gasteiger partial charge in [0.05, 0.1) is 0 Å². The second-order valence-corrected chi connectivity index (χ2v) is 7.36. The molecule has 2 aliphatic heterocycles. The van der Waals surface area contributed by atoms with Gasteiger partial charge in [-0.15, -0.1) is 0 Å². The Morgan fingerprint density at radius 2 is 1.52 bits per heavy atom. The van der Waals surface area contributed by atoms with E-state index in [4.69, 9.17) is 0 Å². The second-order valence-electron chi connectivity index (χ2n) is 7.36. The molecule has 2 unspecified atom stereocenters. The van der Waals surface area contributed by atoms with E-state index in [-0.39, 0.29) is 38.0 Å². The van der Waals surface area contributed by atoms with Gasteiger partial charge in [0.2, 0.25) is 5.60 Å². The van der Waals surface area contributed by atoms with Crippen molar-refractivity contribution in [2.24, 2.45) is 11.8 Å². The van der Waals surface area contributed by atoms with Gasteiger partial charge < -0.3 is 20.0 Å². The first-order chi connectivity index (χ1) is 12.5. The van der Waals surface area contributed by atoms with Crippen molar-refractivity contribution >= 4 is 11.8 Å². The lowest BCUT2D eigenvalue weighted by Crippen LogP contribution is -2.56. The summed E-state index contributed by atoms with van der Waals surface area (Å²) >= 11 is 0. The predicted molar refractivity (Wildman–Crippen MR) is 88.2 cm³/mol. The molecular formula is C18H21F3N2O4. The summed E-state index contributed by atoms with van der Waals surface area (Å²) in [6, 6.07) is 8.46. The fourth-order valence-corrected chi connectivity index (χ4v) is 3.72. The molecule has 2 saturated heterocycles. The molecule has 9 heteroatoms. The summed E-state index contributed by atoms with van der Waals surface area (Å²) in [6.45, 7) is 1.05. The highest BCUT2D eigenvalue weighted by atomic mass is 19.4. The van der Waals surface area contributed by atoms with E-state index in [1.54, 1.807) is 30.3 Å². The Morgan fingerprint density at radius 3 is 2.00 bits per heavy atom. The average molecular weight is 386 g/mol. The van der Waals surface area contributed by atoms with Crippen LogP contribution in [0.15, 0.2) is 30.3 Å². The van der Waals surface area contributed by atoms with Crippen molar-refractivity contribution in [3.8, 4) is 0 Å². The number of aliphatic hydroxyl groups is 2. The third-order valence-corrected chi connectivity index (χ3v) is 5.40. The molecule has 6 nitrogen and oxygen atoms in total. The van der Waals surface area contributed by atoms with E-state index in [0.29, 0.717) is 12.5 Å². The number of fused-ring (bicyclic) bond motifs is 1. The molecule has 0 aromatic heterocycles. The quantitative estimate of drug-likeness (QED) is 0.811. The fraction of sp³-hybridized carbons (Fsp3) is 0.556. The van der Waals surface area contributed by atoms with E-state index in [1.165, 1.54) is 4.90 Å². The number of aliphatic hydroxyl groups excluding tert-OH is 1. The number of benzene rings is 1. The molecule has 1 aromatic rings. The van der Waals surface area contributed by atoms with Crippen LogP contribution in [0.4, 0.5) is 13.2 Å². The minimum atomic E-state index is -5.05. The summed E-state index contributed by atoms with van der Waals surface area (Å²) in [6.07, 6.45) is -6.35. The number of rotatable bonds is 3. The molecule has 0 spiro atoms. The SMILES string of the molecule is CC(O)(C(=O)N1C[C@H]2CN(C(=O)C(O)c3ccccc3)C[C@H]2C1)C(F)(F)F. The van der Waals surface area contributed by atoms with Crippen LogP contribution < -0.4 is 0 Å². The maximum atomic E-state index is 12.9. The van der Waals surface area contributed by atoms with Crippen molar-refractivity contribution in [2.45, 2.75) is 24.8 Å².